The van der Waals surface area contributed by atoms with Crippen LogP contribution in [0, 0.1) is 11.3 Å². The number of carbonyl (C=O) groups excluding carboxylic acids is 1. The molecule has 3 rings (SSSR count). The Bertz CT molecular complexity index is 1180. The van der Waals surface area contributed by atoms with Gasteiger partial charge in [0.2, 0.25) is 0 Å². The van der Waals surface area contributed by atoms with Crippen LogP contribution in [0.4, 0.5) is 11.6 Å². The van der Waals surface area contributed by atoms with Gasteiger partial charge >= 0.3 is 5.97 Å². The van der Waals surface area contributed by atoms with Crippen LogP contribution in [-0.2, 0) is 22.8 Å². The highest BCUT2D eigenvalue weighted by Gasteiger charge is 2.18. The topological polar surface area (TPSA) is 111 Å². The Morgan fingerprint density at radius 2 is 1.94 bits per heavy atom. The van der Waals surface area contributed by atoms with Gasteiger partial charge in [-0.1, -0.05) is 31.8 Å². The van der Waals surface area contributed by atoms with E-state index in [1.54, 1.807) is 35.1 Å². The summed E-state index contributed by atoms with van der Waals surface area (Å²) < 4.78 is 18.3. The number of benzene rings is 1. The number of carbonyl (C=O) groups is 1. The van der Waals surface area contributed by atoms with Crippen molar-refractivity contribution in [3.05, 3.63) is 63.9 Å². The maximum Gasteiger partial charge on any atom is 0.337 e. The van der Waals surface area contributed by atoms with Crippen molar-refractivity contribution >= 4 is 41.6 Å². The molecule has 9 nitrogen and oxygen atoms in total. The van der Waals surface area contributed by atoms with Gasteiger partial charge in [0.05, 0.1) is 18.9 Å². The second kappa shape index (κ2) is 12.0. The largest absolute Gasteiger partial charge is 0.487 e. The summed E-state index contributed by atoms with van der Waals surface area (Å²) in [4.78, 5) is 15.9. The van der Waals surface area contributed by atoms with Crippen molar-refractivity contribution in [1.29, 1.82) is 5.26 Å². The molecule has 0 unspecified atom stereocenters. The van der Waals surface area contributed by atoms with Gasteiger partial charge in [-0.3, -0.25) is 0 Å². The van der Waals surface area contributed by atoms with Gasteiger partial charge in [-0.2, -0.15) is 10.4 Å². The van der Waals surface area contributed by atoms with Gasteiger partial charge in [0.25, 0.3) is 0 Å². The van der Waals surface area contributed by atoms with Crippen molar-refractivity contribution in [2.24, 2.45) is 0 Å². The van der Waals surface area contributed by atoms with Crippen molar-refractivity contribution in [2.75, 3.05) is 19.0 Å². The fourth-order valence-electron chi connectivity index (χ4n) is 2.96. The molecule has 0 saturated carbocycles. The van der Waals surface area contributed by atoms with Crippen LogP contribution in [-0.4, -0.2) is 42.5 Å². The van der Waals surface area contributed by atoms with E-state index in [9.17, 15) is 10.1 Å². The van der Waals surface area contributed by atoms with Gasteiger partial charge in [0.15, 0.2) is 5.82 Å². The van der Waals surface area contributed by atoms with Gasteiger partial charge in [-0.15, -0.1) is 0 Å². The van der Waals surface area contributed by atoms with Crippen molar-refractivity contribution in [1.82, 2.24) is 14.8 Å². The highest BCUT2D eigenvalue weighted by molar-refractivity contribution is 9.10. The third kappa shape index (κ3) is 7.65. The molecular weight excluding hydrogens is 530 g/mol. The summed E-state index contributed by atoms with van der Waals surface area (Å²) in [5, 5.41) is 17.1. The average molecular weight is 559 g/mol. The number of rotatable bonds is 11. The quantitative estimate of drug-likeness (QED) is 0.191. The number of ether oxygens (including phenoxy) is 3. The second-order valence-corrected chi connectivity index (χ2v) is 15.3. The molecule has 2 aromatic heterocycles. The fourth-order valence-corrected chi connectivity index (χ4v) is 4.19. The van der Waals surface area contributed by atoms with Crippen LogP contribution in [0.1, 0.15) is 21.5 Å². The first kappa shape index (κ1) is 26.4. The number of halogens is 1. The zero-order valence-corrected chi connectivity index (χ0v) is 22.8. The lowest BCUT2D eigenvalue weighted by Gasteiger charge is -2.16. The lowest BCUT2D eigenvalue weighted by molar-refractivity contribution is 0.0600. The summed E-state index contributed by atoms with van der Waals surface area (Å²) in [6.07, 6.45) is 1.59. The van der Waals surface area contributed by atoms with Crippen LogP contribution in [0.3, 0.4) is 0 Å². The van der Waals surface area contributed by atoms with Crippen LogP contribution in [0.5, 0.6) is 5.75 Å². The predicted molar refractivity (Wildman–Crippen MR) is 138 cm³/mol. The summed E-state index contributed by atoms with van der Waals surface area (Å²) in [5.41, 5.74) is 1.76. The molecule has 0 amide bonds. The number of methoxy groups -OCH3 is 1. The Morgan fingerprint density at radius 3 is 2.54 bits per heavy atom. The third-order valence-electron chi connectivity index (χ3n) is 4.99. The average Bonchev–Trinajstić information content (AvgIpc) is 3.14. The number of nitrogens with zero attached hydrogens (tertiary/aromatic N) is 4. The standard InChI is InChI=1S/C24H28BrN5O4Si/c1-32-24(31)18-7-5-17(6-8-18)15-34-19-9-10-21(27-14-19)28-23-20(13-26)22(25)29-30(23)16-33-11-12-35(2,3)4/h5-10,14H,11-12,15-16H2,1-4H3,(H,27,28). The van der Waals surface area contributed by atoms with Crippen LogP contribution < -0.4 is 10.1 Å². The predicted octanol–water partition coefficient (Wildman–Crippen LogP) is 5.33. The van der Waals surface area contributed by atoms with Crippen LogP contribution in [0.15, 0.2) is 47.2 Å². The molecule has 0 aliphatic carbocycles. The number of hydrogen-bond donors (Lipinski definition) is 1. The number of aromatic nitrogens is 3. The van der Waals surface area contributed by atoms with Crippen molar-refractivity contribution < 1.29 is 19.0 Å². The summed E-state index contributed by atoms with van der Waals surface area (Å²) in [6, 6.07) is 13.7. The van der Waals surface area contributed by atoms with Crippen LogP contribution in [0.2, 0.25) is 25.7 Å². The van der Waals surface area contributed by atoms with Crippen molar-refractivity contribution in [3.63, 3.8) is 0 Å². The minimum Gasteiger partial charge on any atom is -0.487 e. The highest BCUT2D eigenvalue weighted by Crippen LogP contribution is 2.27. The first-order valence-electron chi connectivity index (χ1n) is 11.0. The van der Waals surface area contributed by atoms with Crippen LogP contribution >= 0.6 is 15.9 Å². The van der Waals surface area contributed by atoms with Crippen molar-refractivity contribution in [2.45, 2.75) is 39.0 Å². The highest BCUT2D eigenvalue weighted by atomic mass is 79.9. The molecule has 0 aliphatic rings. The second-order valence-electron chi connectivity index (χ2n) is 8.96. The van der Waals surface area contributed by atoms with E-state index in [1.807, 2.05) is 12.1 Å². The van der Waals surface area contributed by atoms with Gasteiger partial charge < -0.3 is 19.5 Å². The maximum absolute atomic E-state index is 11.5. The molecule has 184 valence electrons. The minimum absolute atomic E-state index is 0.225. The Hall–Kier alpha value is -3.20. The first-order valence-corrected chi connectivity index (χ1v) is 15.5. The van der Waals surface area contributed by atoms with Gasteiger partial charge in [-0.05, 0) is 51.8 Å². The van der Waals surface area contributed by atoms with Gasteiger partial charge in [-0.25, -0.2) is 14.5 Å². The van der Waals surface area contributed by atoms with Crippen molar-refractivity contribution in [3.8, 4) is 11.8 Å². The minimum atomic E-state index is -1.20. The molecule has 2 heterocycles. The zero-order valence-electron chi connectivity index (χ0n) is 20.2. The molecule has 11 heteroatoms. The van der Waals surface area contributed by atoms with E-state index in [4.69, 9.17) is 14.2 Å². The fraction of sp³-hybridized carbons (Fsp3) is 0.333. The Kier molecular flexibility index (Phi) is 9.03. The molecule has 3 aromatic rings. The van der Waals surface area contributed by atoms with E-state index in [1.165, 1.54) is 7.11 Å². The lowest BCUT2D eigenvalue weighted by atomic mass is 10.1. The summed E-state index contributed by atoms with van der Waals surface area (Å²) in [5.74, 6) is 1.24. The monoisotopic (exact) mass is 557 g/mol. The van der Waals surface area contributed by atoms with Crippen LogP contribution in [0.25, 0.3) is 0 Å². The summed E-state index contributed by atoms with van der Waals surface area (Å²) >= 11 is 3.34. The van der Waals surface area contributed by atoms with Gasteiger partial charge in [0.1, 0.15) is 41.1 Å². The van der Waals surface area contributed by atoms with E-state index >= 15 is 0 Å². The summed E-state index contributed by atoms with van der Waals surface area (Å²) in [7, 11) is 0.151. The SMILES string of the molecule is COC(=O)c1ccc(COc2ccc(Nc3c(C#N)c(Br)nn3COCC[Si](C)(C)C)nc2)cc1. The molecular formula is C24H28BrN5O4Si. The molecule has 0 bridgehead atoms. The number of esters is 1. The van der Waals surface area contributed by atoms with E-state index in [0.29, 0.717) is 46.3 Å². The van der Waals surface area contributed by atoms with E-state index in [0.717, 1.165) is 11.6 Å². The normalized spacial score (nSPS) is 11.1. The molecule has 0 spiro atoms. The number of hydrogen-bond acceptors (Lipinski definition) is 8. The number of anilines is 2. The third-order valence-corrected chi connectivity index (χ3v) is 7.25. The van der Waals surface area contributed by atoms with E-state index in [2.05, 4.69) is 57.0 Å². The van der Waals surface area contributed by atoms with Gasteiger partial charge in [0, 0.05) is 14.7 Å². The molecule has 0 saturated heterocycles. The smallest absolute Gasteiger partial charge is 0.337 e. The molecule has 0 atom stereocenters. The number of pyridine rings is 1. The maximum atomic E-state index is 11.5. The number of nitrogens with one attached hydrogen (secondary N) is 1. The summed E-state index contributed by atoms with van der Waals surface area (Å²) in [6.45, 7) is 8.07. The Labute approximate surface area is 214 Å². The molecule has 0 fully saturated rings. The molecule has 35 heavy (non-hydrogen) atoms. The van der Waals surface area contributed by atoms with E-state index in [-0.39, 0.29) is 12.7 Å². The number of nitriles is 1. The Balaban J connectivity index is 1.61. The Morgan fingerprint density at radius 1 is 1.20 bits per heavy atom. The van der Waals surface area contributed by atoms with E-state index < -0.39 is 8.07 Å². The first-order chi connectivity index (χ1) is 16.7. The molecule has 0 aliphatic heterocycles. The zero-order chi connectivity index (χ0) is 25.4. The molecule has 1 N–H and O–H groups in total. The molecule has 1 aromatic carbocycles. The molecule has 0 radical (unpaired) electrons. The lowest BCUT2D eigenvalue weighted by Crippen LogP contribution is -2.22.